The summed E-state index contributed by atoms with van der Waals surface area (Å²) in [6.45, 7) is 4.18. The lowest BCUT2D eigenvalue weighted by molar-refractivity contribution is 1.14. The van der Waals surface area contributed by atoms with Crippen molar-refractivity contribution in [2.75, 3.05) is 11.9 Å². The summed E-state index contributed by atoms with van der Waals surface area (Å²) in [5, 5.41) is 7.34. The van der Waals surface area contributed by atoms with Crippen LogP contribution in [-0.2, 0) is 0 Å². The van der Waals surface area contributed by atoms with Crippen molar-refractivity contribution in [3.63, 3.8) is 0 Å². The topological polar surface area (TPSA) is 66.0 Å². The van der Waals surface area contributed by atoms with Gasteiger partial charge in [-0.25, -0.2) is 0 Å². The number of aryl methyl sites for hydroxylation is 2. The van der Waals surface area contributed by atoms with Gasteiger partial charge in [-0.1, -0.05) is 17.7 Å². The van der Waals surface area contributed by atoms with E-state index < -0.39 is 0 Å². The van der Waals surface area contributed by atoms with Crippen molar-refractivity contribution in [3.8, 4) is 0 Å². The Bertz CT molecular complexity index is 602. The zero-order valence-electron chi connectivity index (χ0n) is 11.4. The van der Waals surface area contributed by atoms with Crippen molar-refractivity contribution in [1.29, 1.82) is 5.41 Å². The number of pyridine rings is 1. The highest BCUT2D eigenvalue weighted by atomic mass is 15.1. The molecule has 0 atom stereocenters. The van der Waals surface area contributed by atoms with Crippen molar-refractivity contribution in [2.45, 2.75) is 13.8 Å². The first kappa shape index (κ1) is 13.1. The molecule has 2 aromatic rings. The van der Waals surface area contributed by atoms with Crippen LogP contribution in [0.15, 0.2) is 36.5 Å². The summed E-state index contributed by atoms with van der Waals surface area (Å²) in [5.74, 6) is -0.0132. The van der Waals surface area contributed by atoms with Crippen molar-refractivity contribution in [3.05, 3.63) is 53.3 Å². The van der Waals surface area contributed by atoms with Crippen molar-refractivity contribution < 1.29 is 0 Å². The standard InChI is InChI=1S/C15H18N4/c1-10-4-7-14(11(2)8-10)19(3)12-5-6-13(15(16)17)18-9-12/h4-9H,1-3H3,(H3,16,17). The largest absolute Gasteiger partial charge is 0.382 e. The molecule has 0 unspecified atom stereocenters. The van der Waals surface area contributed by atoms with Gasteiger partial charge in [0.2, 0.25) is 0 Å². The van der Waals surface area contributed by atoms with Gasteiger partial charge in [-0.15, -0.1) is 0 Å². The van der Waals surface area contributed by atoms with Gasteiger partial charge in [0, 0.05) is 12.7 Å². The Morgan fingerprint density at radius 2 is 1.95 bits per heavy atom. The Morgan fingerprint density at radius 1 is 1.21 bits per heavy atom. The zero-order chi connectivity index (χ0) is 14.0. The van der Waals surface area contributed by atoms with Crippen molar-refractivity contribution in [1.82, 2.24) is 4.98 Å². The van der Waals surface area contributed by atoms with E-state index in [0.29, 0.717) is 5.69 Å². The van der Waals surface area contributed by atoms with Crippen molar-refractivity contribution in [2.24, 2.45) is 5.73 Å². The smallest absolute Gasteiger partial charge is 0.141 e. The Kier molecular flexibility index (Phi) is 3.51. The molecule has 4 heteroatoms. The Hall–Kier alpha value is -2.36. The summed E-state index contributed by atoms with van der Waals surface area (Å²) in [4.78, 5) is 6.26. The molecule has 0 radical (unpaired) electrons. The van der Waals surface area contributed by atoms with Crippen LogP contribution in [0.1, 0.15) is 16.8 Å². The average Bonchev–Trinajstić information content (AvgIpc) is 2.38. The molecule has 0 spiro atoms. The van der Waals surface area contributed by atoms with Crippen LogP contribution in [0.4, 0.5) is 11.4 Å². The molecule has 2 rings (SSSR count). The van der Waals surface area contributed by atoms with Crippen LogP contribution >= 0.6 is 0 Å². The van der Waals surface area contributed by atoms with E-state index in [9.17, 15) is 0 Å². The number of benzene rings is 1. The van der Waals surface area contributed by atoms with Crippen LogP contribution in [0, 0.1) is 19.3 Å². The molecule has 0 amide bonds. The molecule has 1 aromatic carbocycles. The number of anilines is 2. The van der Waals surface area contributed by atoms with Crippen LogP contribution in [0.25, 0.3) is 0 Å². The Labute approximate surface area is 113 Å². The van der Waals surface area contributed by atoms with Gasteiger partial charge < -0.3 is 10.6 Å². The molecular formula is C15H18N4. The minimum atomic E-state index is -0.0132. The lowest BCUT2D eigenvalue weighted by Gasteiger charge is -2.21. The van der Waals surface area contributed by atoms with Crippen LogP contribution in [-0.4, -0.2) is 17.9 Å². The number of nitrogens with zero attached hydrogens (tertiary/aromatic N) is 2. The van der Waals surface area contributed by atoms with Gasteiger partial charge in [-0.05, 0) is 37.6 Å². The summed E-state index contributed by atoms with van der Waals surface area (Å²) in [6.07, 6.45) is 1.73. The molecule has 0 bridgehead atoms. The van der Waals surface area contributed by atoms with E-state index in [1.165, 1.54) is 11.1 Å². The van der Waals surface area contributed by atoms with Gasteiger partial charge in [-0.3, -0.25) is 10.4 Å². The van der Waals surface area contributed by atoms with Gasteiger partial charge >= 0.3 is 0 Å². The van der Waals surface area contributed by atoms with E-state index in [-0.39, 0.29) is 5.84 Å². The monoisotopic (exact) mass is 254 g/mol. The summed E-state index contributed by atoms with van der Waals surface area (Å²) in [5.41, 5.74) is 10.5. The lowest BCUT2D eigenvalue weighted by atomic mass is 10.1. The second kappa shape index (κ2) is 5.10. The number of amidine groups is 1. The van der Waals surface area contributed by atoms with Gasteiger partial charge in [0.1, 0.15) is 11.5 Å². The number of rotatable bonds is 3. The highest BCUT2D eigenvalue weighted by molar-refractivity contribution is 5.93. The first-order valence-electron chi connectivity index (χ1n) is 6.10. The van der Waals surface area contributed by atoms with Crippen LogP contribution < -0.4 is 10.6 Å². The molecule has 0 saturated carbocycles. The van der Waals surface area contributed by atoms with Gasteiger partial charge in [0.05, 0.1) is 11.9 Å². The number of nitrogens with two attached hydrogens (primary N) is 1. The predicted molar refractivity (Wildman–Crippen MR) is 79.2 cm³/mol. The fourth-order valence-electron chi connectivity index (χ4n) is 2.06. The molecule has 1 heterocycles. The fourth-order valence-corrected chi connectivity index (χ4v) is 2.06. The van der Waals surface area contributed by atoms with Crippen molar-refractivity contribution >= 4 is 17.2 Å². The minimum absolute atomic E-state index is 0.0132. The van der Waals surface area contributed by atoms with E-state index >= 15 is 0 Å². The number of hydrogen-bond acceptors (Lipinski definition) is 3. The second-order valence-corrected chi connectivity index (χ2v) is 4.66. The second-order valence-electron chi connectivity index (χ2n) is 4.66. The molecular weight excluding hydrogens is 236 g/mol. The van der Waals surface area contributed by atoms with E-state index in [1.807, 2.05) is 13.1 Å². The maximum atomic E-state index is 7.34. The Balaban J connectivity index is 2.33. The van der Waals surface area contributed by atoms with E-state index in [1.54, 1.807) is 12.3 Å². The fraction of sp³-hybridized carbons (Fsp3) is 0.200. The maximum Gasteiger partial charge on any atom is 0.141 e. The van der Waals surface area contributed by atoms with Crippen LogP contribution in [0.5, 0.6) is 0 Å². The summed E-state index contributed by atoms with van der Waals surface area (Å²) in [7, 11) is 2.00. The quantitative estimate of drug-likeness (QED) is 0.654. The van der Waals surface area contributed by atoms with E-state index in [4.69, 9.17) is 11.1 Å². The Morgan fingerprint density at radius 3 is 2.47 bits per heavy atom. The highest BCUT2D eigenvalue weighted by Gasteiger charge is 2.08. The zero-order valence-corrected chi connectivity index (χ0v) is 11.4. The first-order chi connectivity index (χ1) is 8.99. The van der Waals surface area contributed by atoms with E-state index in [0.717, 1.165) is 11.4 Å². The highest BCUT2D eigenvalue weighted by Crippen LogP contribution is 2.26. The predicted octanol–water partition coefficient (Wildman–Crippen LogP) is 2.75. The lowest BCUT2D eigenvalue weighted by Crippen LogP contribution is -2.15. The normalized spacial score (nSPS) is 10.3. The summed E-state index contributed by atoms with van der Waals surface area (Å²) < 4.78 is 0. The van der Waals surface area contributed by atoms with Gasteiger partial charge in [0.15, 0.2) is 0 Å². The molecule has 0 aliphatic heterocycles. The van der Waals surface area contributed by atoms with E-state index in [2.05, 4.69) is 41.9 Å². The number of nitrogens with one attached hydrogen (secondary N) is 1. The SMILES string of the molecule is Cc1ccc(N(C)c2ccc(C(=N)N)nc2)c(C)c1. The molecule has 0 saturated heterocycles. The van der Waals surface area contributed by atoms with Gasteiger partial charge in [-0.2, -0.15) is 0 Å². The summed E-state index contributed by atoms with van der Waals surface area (Å²) in [6, 6.07) is 10.0. The van der Waals surface area contributed by atoms with Crippen LogP contribution in [0.2, 0.25) is 0 Å². The number of nitrogen functional groups attached to an aromatic ring is 1. The molecule has 0 aliphatic rings. The average molecular weight is 254 g/mol. The molecule has 3 N–H and O–H groups in total. The summed E-state index contributed by atoms with van der Waals surface area (Å²) >= 11 is 0. The molecule has 0 fully saturated rings. The number of aromatic nitrogens is 1. The third kappa shape index (κ3) is 2.73. The molecule has 1 aromatic heterocycles. The maximum absolute atomic E-state index is 7.34. The molecule has 0 aliphatic carbocycles. The number of hydrogen-bond donors (Lipinski definition) is 2. The van der Waals surface area contributed by atoms with Gasteiger partial charge in [0.25, 0.3) is 0 Å². The molecule has 98 valence electrons. The third-order valence-corrected chi connectivity index (χ3v) is 3.12. The van der Waals surface area contributed by atoms with Crippen LogP contribution in [0.3, 0.4) is 0 Å². The first-order valence-corrected chi connectivity index (χ1v) is 6.10. The third-order valence-electron chi connectivity index (χ3n) is 3.12. The minimum Gasteiger partial charge on any atom is -0.382 e. The molecule has 19 heavy (non-hydrogen) atoms. The molecule has 4 nitrogen and oxygen atoms in total.